The molecule has 2 rings (SSSR count). The monoisotopic (exact) mass is 278 g/mol. The molecule has 1 fully saturated rings. The van der Waals surface area contributed by atoms with Crippen molar-refractivity contribution in [1.82, 2.24) is 0 Å². The van der Waals surface area contributed by atoms with Crippen molar-refractivity contribution in [3.8, 4) is 0 Å². The number of hydrogen-bond acceptors (Lipinski definition) is 2. The van der Waals surface area contributed by atoms with Gasteiger partial charge in [-0.15, -0.1) is 0 Å². The fraction of sp³-hybridized carbons (Fsp3) is 0.647. The predicted octanol–water partition coefficient (Wildman–Crippen LogP) is 3.66. The van der Waals surface area contributed by atoms with Crippen molar-refractivity contribution in [2.24, 2.45) is 23.0 Å². The number of nitrogens with zero attached hydrogens (tertiary/aromatic N) is 1. The summed E-state index contributed by atoms with van der Waals surface area (Å²) in [6, 6.07) is 7.13. The van der Waals surface area contributed by atoms with Crippen LogP contribution in [0.15, 0.2) is 24.3 Å². The Balaban J connectivity index is 2.09. The Kier molecular flexibility index (Phi) is 4.38. The molecule has 0 amide bonds. The Morgan fingerprint density at radius 3 is 2.70 bits per heavy atom. The van der Waals surface area contributed by atoms with Gasteiger partial charge in [0.2, 0.25) is 0 Å². The minimum atomic E-state index is -0.173. The van der Waals surface area contributed by atoms with Crippen LogP contribution < -0.4 is 10.6 Å². The van der Waals surface area contributed by atoms with Gasteiger partial charge < -0.3 is 10.6 Å². The highest BCUT2D eigenvalue weighted by Gasteiger charge is 2.41. The zero-order valence-corrected chi connectivity index (χ0v) is 13.1. The maximum Gasteiger partial charge on any atom is 0.125 e. The van der Waals surface area contributed by atoms with E-state index in [0.717, 1.165) is 25.1 Å². The van der Waals surface area contributed by atoms with Gasteiger partial charge in [0.15, 0.2) is 0 Å². The molecule has 3 heteroatoms. The molecule has 20 heavy (non-hydrogen) atoms. The van der Waals surface area contributed by atoms with E-state index in [0.29, 0.717) is 17.9 Å². The molecule has 0 spiro atoms. The van der Waals surface area contributed by atoms with Crippen molar-refractivity contribution in [3.05, 3.63) is 30.1 Å². The van der Waals surface area contributed by atoms with E-state index >= 15 is 0 Å². The van der Waals surface area contributed by atoms with Gasteiger partial charge in [-0.25, -0.2) is 4.39 Å². The standard InChI is InChI=1S/C17H27FN2/c1-12-16(19)9-8-13(17(12,2)3)11-20(4)15-7-5-6-14(18)10-15/h5-7,10,12-13,16H,8-9,11,19H2,1-4H3. The van der Waals surface area contributed by atoms with Gasteiger partial charge in [-0.1, -0.05) is 26.8 Å². The van der Waals surface area contributed by atoms with Crippen LogP contribution in [0.25, 0.3) is 0 Å². The summed E-state index contributed by atoms with van der Waals surface area (Å²) >= 11 is 0. The molecule has 3 unspecified atom stereocenters. The molecule has 0 aliphatic heterocycles. The van der Waals surface area contributed by atoms with Gasteiger partial charge in [-0.2, -0.15) is 0 Å². The number of anilines is 1. The van der Waals surface area contributed by atoms with Crippen LogP contribution in [0.4, 0.5) is 10.1 Å². The highest BCUT2D eigenvalue weighted by atomic mass is 19.1. The Bertz CT molecular complexity index is 458. The van der Waals surface area contributed by atoms with E-state index in [2.05, 4.69) is 25.7 Å². The zero-order valence-electron chi connectivity index (χ0n) is 13.1. The summed E-state index contributed by atoms with van der Waals surface area (Å²) in [4.78, 5) is 2.17. The highest BCUT2D eigenvalue weighted by molar-refractivity contribution is 5.45. The second-order valence-electron chi connectivity index (χ2n) is 6.91. The van der Waals surface area contributed by atoms with E-state index in [9.17, 15) is 4.39 Å². The van der Waals surface area contributed by atoms with Crippen molar-refractivity contribution in [1.29, 1.82) is 0 Å². The molecule has 1 aromatic rings. The number of nitrogens with two attached hydrogens (primary N) is 1. The first-order valence-corrected chi connectivity index (χ1v) is 7.54. The molecule has 0 heterocycles. The van der Waals surface area contributed by atoms with E-state index in [-0.39, 0.29) is 11.2 Å². The molecule has 0 radical (unpaired) electrons. The number of hydrogen-bond donors (Lipinski definition) is 1. The summed E-state index contributed by atoms with van der Waals surface area (Å²) in [6.45, 7) is 7.86. The molecular formula is C17H27FN2. The van der Waals surface area contributed by atoms with E-state index in [1.165, 1.54) is 6.07 Å². The van der Waals surface area contributed by atoms with Crippen molar-refractivity contribution < 1.29 is 4.39 Å². The SMILES string of the molecule is CC1C(N)CCC(CN(C)c2cccc(F)c2)C1(C)C. The van der Waals surface area contributed by atoms with Crippen LogP contribution in [0.1, 0.15) is 33.6 Å². The van der Waals surface area contributed by atoms with Crippen LogP contribution in [-0.4, -0.2) is 19.6 Å². The van der Waals surface area contributed by atoms with Crippen LogP contribution in [0.5, 0.6) is 0 Å². The first kappa shape index (κ1) is 15.3. The number of halogens is 1. The van der Waals surface area contributed by atoms with E-state index in [1.54, 1.807) is 12.1 Å². The maximum atomic E-state index is 13.3. The van der Waals surface area contributed by atoms with Crippen LogP contribution in [-0.2, 0) is 0 Å². The lowest BCUT2D eigenvalue weighted by molar-refractivity contribution is 0.0588. The molecule has 1 saturated carbocycles. The maximum absolute atomic E-state index is 13.3. The normalized spacial score (nSPS) is 29.2. The fourth-order valence-electron chi connectivity index (χ4n) is 3.42. The third kappa shape index (κ3) is 2.98. The van der Waals surface area contributed by atoms with Gasteiger partial charge >= 0.3 is 0 Å². The van der Waals surface area contributed by atoms with Gasteiger partial charge in [-0.05, 0) is 48.3 Å². The largest absolute Gasteiger partial charge is 0.374 e. The first-order chi connectivity index (χ1) is 9.32. The summed E-state index contributed by atoms with van der Waals surface area (Å²) in [6.07, 6.45) is 2.24. The molecule has 2 N–H and O–H groups in total. The summed E-state index contributed by atoms with van der Waals surface area (Å²) in [7, 11) is 2.05. The highest BCUT2D eigenvalue weighted by Crippen LogP contribution is 2.44. The molecule has 2 nitrogen and oxygen atoms in total. The third-order valence-corrected chi connectivity index (χ3v) is 5.46. The average Bonchev–Trinajstić information content (AvgIpc) is 2.40. The fourth-order valence-corrected chi connectivity index (χ4v) is 3.42. The third-order valence-electron chi connectivity index (χ3n) is 5.46. The smallest absolute Gasteiger partial charge is 0.125 e. The number of benzene rings is 1. The molecule has 0 aromatic heterocycles. The summed E-state index contributed by atoms with van der Waals surface area (Å²) in [5.41, 5.74) is 7.38. The van der Waals surface area contributed by atoms with Crippen molar-refractivity contribution in [3.63, 3.8) is 0 Å². The minimum Gasteiger partial charge on any atom is -0.374 e. The summed E-state index contributed by atoms with van der Waals surface area (Å²) < 4.78 is 13.3. The molecule has 1 aliphatic carbocycles. The average molecular weight is 278 g/mol. The molecule has 3 atom stereocenters. The molecule has 0 bridgehead atoms. The molecule has 1 aromatic carbocycles. The van der Waals surface area contributed by atoms with Crippen LogP contribution in [0.3, 0.4) is 0 Å². The molecule has 0 saturated heterocycles. The second-order valence-corrected chi connectivity index (χ2v) is 6.91. The van der Waals surface area contributed by atoms with Gasteiger partial charge in [0.1, 0.15) is 5.82 Å². The van der Waals surface area contributed by atoms with Crippen LogP contribution in [0, 0.1) is 23.1 Å². The van der Waals surface area contributed by atoms with Crippen molar-refractivity contribution >= 4 is 5.69 Å². The molecular weight excluding hydrogens is 251 g/mol. The van der Waals surface area contributed by atoms with E-state index in [4.69, 9.17) is 5.73 Å². The lowest BCUT2D eigenvalue weighted by Crippen LogP contribution is -2.49. The summed E-state index contributed by atoms with van der Waals surface area (Å²) in [5.74, 6) is 0.931. The van der Waals surface area contributed by atoms with Gasteiger partial charge in [-0.3, -0.25) is 0 Å². The second kappa shape index (κ2) is 5.72. The van der Waals surface area contributed by atoms with E-state index < -0.39 is 0 Å². The van der Waals surface area contributed by atoms with Crippen LogP contribution in [0.2, 0.25) is 0 Å². The quantitative estimate of drug-likeness (QED) is 0.914. The van der Waals surface area contributed by atoms with E-state index in [1.807, 2.05) is 13.1 Å². The van der Waals surface area contributed by atoms with Gasteiger partial charge in [0.05, 0.1) is 0 Å². The predicted molar refractivity (Wildman–Crippen MR) is 83.3 cm³/mol. The number of rotatable bonds is 3. The first-order valence-electron chi connectivity index (χ1n) is 7.54. The Morgan fingerprint density at radius 2 is 2.05 bits per heavy atom. The summed E-state index contributed by atoms with van der Waals surface area (Å²) in [5, 5.41) is 0. The van der Waals surface area contributed by atoms with Gasteiger partial charge in [0.25, 0.3) is 0 Å². The minimum absolute atomic E-state index is 0.173. The Morgan fingerprint density at radius 1 is 1.35 bits per heavy atom. The molecule has 112 valence electrons. The topological polar surface area (TPSA) is 29.3 Å². The Labute approximate surface area is 122 Å². The van der Waals surface area contributed by atoms with Gasteiger partial charge in [0, 0.05) is 25.3 Å². The van der Waals surface area contributed by atoms with Crippen molar-refractivity contribution in [2.45, 2.75) is 39.7 Å². The Hall–Kier alpha value is -1.09. The zero-order chi connectivity index (χ0) is 14.9. The lowest BCUT2D eigenvalue weighted by Gasteiger charge is -2.48. The lowest BCUT2D eigenvalue weighted by atomic mass is 9.61. The van der Waals surface area contributed by atoms with Crippen molar-refractivity contribution in [2.75, 3.05) is 18.5 Å². The van der Waals surface area contributed by atoms with Crippen LogP contribution >= 0.6 is 0 Å². The molecule has 1 aliphatic rings.